The Morgan fingerprint density at radius 1 is 1.10 bits per heavy atom. The van der Waals surface area contributed by atoms with Gasteiger partial charge >= 0.3 is 11.9 Å². The van der Waals surface area contributed by atoms with E-state index in [1.165, 1.54) is 18.9 Å². The maximum absolute atomic E-state index is 11.5. The molecule has 21 heavy (non-hydrogen) atoms. The molecule has 2 aromatic carbocycles. The van der Waals surface area contributed by atoms with E-state index in [0.717, 1.165) is 13.4 Å². The van der Waals surface area contributed by atoms with Crippen LogP contribution < -0.4 is 0 Å². The van der Waals surface area contributed by atoms with Crippen molar-refractivity contribution in [1.82, 2.24) is 0 Å². The van der Waals surface area contributed by atoms with Crippen LogP contribution in [0.1, 0.15) is 20.7 Å². The summed E-state index contributed by atoms with van der Waals surface area (Å²) in [6, 6.07) is 12.1. The molecule has 108 valence electrons. The number of ether oxygens (including phenoxy) is 1. The number of carboxylic acids is 1. The van der Waals surface area contributed by atoms with Gasteiger partial charge in [0.15, 0.2) is 0 Å². The van der Waals surface area contributed by atoms with Crippen LogP contribution in [0.4, 0.5) is 0 Å². The number of carbonyl (C=O) groups excluding carboxylic acids is 1. The minimum absolute atomic E-state index is 0.259. The van der Waals surface area contributed by atoms with Gasteiger partial charge in [-0.2, -0.15) is 0 Å². The highest BCUT2D eigenvalue weighted by Crippen LogP contribution is 2.30. The summed E-state index contributed by atoms with van der Waals surface area (Å²) in [4.78, 5) is 24.2. The second-order valence-electron chi connectivity index (χ2n) is 4.06. The molecule has 0 atom stereocenters. The molecule has 2 rings (SSSR count). The number of benzene rings is 2. The molecular formula is C15H11IO4S. The minimum Gasteiger partial charge on any atom is -0.478 e. The van der Waals surface area contributed by atoms with Crippen molar-refractivity contribution in [2.75, 3.05) is 7.11 Å². The standard InChI is InChI=1S/C15H11IO4S/c1-20-15(19)12-7-6-11(8-13(12)16)21-10-4-2-9(3-5-10)14(17)18/h2-8H,1H3,(H,17,18). The number of hydrogen-bond acceptors (Lipinski definition) is 4. The number of rotatable bonds is 4. The molecule has 6 heteroatoms. The number of hydrogen-bond donors (Lipinski definition) is 1. The molecule has 0 aliphatic heterocycles. The lowest BCUT2D eigenvalue weighted by Crippen LogP contribution is -2.03. The van der Waals surface area contributed by atoms with Crippen molar-refractivity contribution in [3.63, 3.8) is 0 Å². The molecule has 0 radical (unpaired) electrons. The van der Waals surface area contributed by atoms with Crippen molar-refractivity contribution in [3.8, 4) is 0 Å². The summed E-state index contributed by atoms with van der Waals surface area (Å²) in [5.41, 5.74) is 0.790. The molecule has 0 aliphatic rings. The molecule has 0 amide bonds. The van der Waals surface area contributed by atoms with Crippen LogP contribution in [0.15, 0.2) is 52.3 Å². The molecule has 0 aliphatic carbocycles. The highest BCUT2D eigenvalue weighted by Gasteiger charge is 2.11. The lowest BCUT2D eigenvalue weighted by atomic mass is 10.2. The molecule has 0 saturated carbocycles. The fourth-order valence-electron chi connectivity index (χ4n) is 1.64. The van der Waals surface area contributed by atoms with Gasteiger partial charge in [0.1, 0.15) is 0 Å². The quantitative estimate of drug-likeness (QED) is 0.607. The van der Waals surface area contributed by atoms with Gasteiger partial charge in [0.2, 0.25) is 0 Å². The van der Waals surface area contributed by atoms with Crippen LogP contribution in [0.25, 0.3) is 0 Å². The first-order chi connectivity index (χ1) is 10.0. The third kappa shape index (κ3) is 3.98. The third-order valence-electron chi connectivity index (χ3n) is 2.68. The smallest absolute Gasteiger partial charge is 0.338 e. The highest BCUT2D eigenvalue weighted by atomic mass is 127. The molecule has 0 spiro atoms. The molecule has 0 bridgehead atoms. The predicted molar refractivity (Wildman–Crippen MR) is 88.0 cm³/mol. The first-order valence-corrected chi connectivity index (χ1v) is 7.80. The van der Waals surface area contributed by atoms with E-state index in [1.807, 2.05) is 12.1 Å². The van der Waals surface area contributed by atoms with Crippen molar-refractivity contribution < 1.29 is 19.4 Å². The Bertz CT molecular complexity index is 683. The van der Waals surface area contributed by atoms with Crippen LogP contribution in [0.2, 0.25) is 0 Å². The van der Waals surface area contributed by atoms with Crippen molar-refractivity contribution >= 4 is 46.3 Å². The Labute approximate surface area is 139 Å². The number of aromatic carboxylic acids is 1. The van der Waals surface area contributed by atoms with Gasteiger partial charge in [-0.05, 0) is 65.1 Å². The summed E-state index contributed by atoms with van der Waals surface area (Å²) >= 11 is 3.59. The topological polar surface area (TPSA) is 63.6 Å². The summed E-state index contributed by atoms with van der Waals surface area (Å²) in [6.07, 6.45) is 0. The van der Waals surface area contributed by atoms with Gasteiger partial charge in [-0.15, -0.1) is 0 Å². The summed E-state index contributed by atoms with van der Waals surface area (Å²) in [5.74, 6) is -1.30. The molecule has 0 fully saturated rings. The van der Waals surface area contributed by atoms with Crippen LogP contribution in [-0.4, -0.2) is 24.2 Å². The van der Waals surface area contributed by atoms with Crippen molar-refractivity contribution in [1.29, 1.82) is 0 Å². The predicted octanol–water partition coefficient (Wildman–Crippen LogP) is 3.93. The van der Waals surface area contributed by atoms with E-state index in [4.69, 9.17) is 9.84 Å². The summed E-state index contributed by atoms with van der Waals surface area (Å²) in [6.45, 7) is 0. The van der Waals surface area contributed by atoms with E-state index >= 15 is 0 Å². The minimum atomic E-state index is -0.941. The van der Waals surface area contributed by atoms with E-state index in [0.29, 0.717) is 5.56 Å². The van der Waals surface area contributed by atoms with Crippen molar-refractivity contribution in [3.05, 3.63) is 57.2 Å². The molecule has 1 N–H and O–H groups in total. The van der Waals surface area contributed by atoms with Crippen LogP contribution in [0, 0.1) is 3.57 Å². The van der Waals surface area contributed by atoms with Gasteiger partial charge in [0.05, 0.1) is 18.2 Å². The Hall–Kier alpha value is -1.54. The SMILES string of the molecule is COC(=O)c1ccc(Sc2ccc(C(=O)O)cc2)cc1I. The van der Waals surface area contributed by atoms with E-state index in [-0.39, 0.29) is 11.5 Å². The first kappa shape index (κ1) is 15.8. The normalized spacial score (nSPS) is 10.2. The zero-order valence-corrected chi connectivity index (χ0v) is 14.0. The van der Waals surface area contributed by atoms with Gasteiger partial charge < -0.3 is 9.84 Å². The van der Waals surface area contributed by atoms with E-state index in [9.17, 15) is 9.59 Å². The van der Waals surface area contributed by atoms with Crippen LogP contribution in [0.3, 0.4) is 0 Å². The summed E-state index contributed by atoms with van der Waals surface area (Å²) in [7, 11) is 1.35. The van der Waals surface area contributed by atoms with Gasteiger partial charge in [-0.3, -0.25) is 0 Å². The number of methoxy groups -OCH3 is 1. The number of esters is 1. The van der Waals surface area contributed by atoms with E-state index in [1.54, 1.807) is 30.3 Å². The first-order valence-electron chi connectivity index (χ1n) is 5.90. The van der Waals surface area contributed by atoms with E-state index < -0.39 is 5.97 Å². The lowest BCUT2D eigenvalue weighted by molar-refractivity contribution is 0.0598. The Morgan fingerprint density at radius 3 is 2.24 bits per heavy atom. The van der Waals surface area contributed by atoms with Crippen LogP contribution >= 0.6 is 34.4 Å². The number of carbonyl (C=O) groups is 2. The molecule has 0 unspecified atom stereocenters. The molecular weight excluding hydrogens is 403 g/mol. The zero-order valence-electron chi connectivity index (χ0n) is 11.0. The molecule has 4 nitrogen and oxygen atoms in total. The fourth-order valence-corrected chi connectivity index (χ4v) is 3.44. The molecule has 2 aromatic rings. The average molecular weight is 414 g/mol. The molecule has 0 heterocycles. The maximum Gasteiger partial charge on any atom is 0.338 e. The third-order valence-corrected chi connectivity index (χ3v) is 4.57. The molecule has 0 saturated heterocycles. The van der Waals surface area contributed by atoms with Gasteiger partial charge in [-0.1, -0.05) is 11.8 Å². The monoisotopic (exact) mass is 414 g/mol. The van der Waals surface area contributed by atoms with Gasteiger partial charge in [0.25, 0.3) is 0 Å². The summed E-state index contributed by atoms with van der Waals surface area (Å²) < 4.78 is 5.52. The van der Waals surface area contributed by atoms with Gasteiger partial charge in [0, 0.05) is 13.4 Å². The van der Waals surface area contributed by atoms with Gasteiger partial charge in [-0.25, -0.2) is 9.59 Å². The number of carboxylic acid groups (broad SMARTS) is 1. The van der Waals surface area contributed by atoms with Crippen LogP contribution in [-0.2, 0) is 4.74 Å². The Morgan fingerprint density at radius 2 is 1.71 bits per heavy atom. The molecule has 0 aromatic heterocycles. The van der Waals surface area contributed by atoms with E-state index in [2.05, 4.69) is 22.6 Å². The average Bonchev–Trinajstić information content (AvgIpc) is 2.47. The maximum atomic E-state index is 11.5. The van der Waals surface area contributed by atoms with Crippen molar-refractivity contribution in [2.45, 2.75) is 9.79 Å². The second-order valence-corrected chi connectivity index (χ2v) is 6.37. The largest absolute Gasteiger partial charge is 0.478 e. The van der Waals surface area contributed by atoms with Crippen molar-refractivity contribution in [2.24, 2.45) is 0 Å². The van der Waals surface area contributed by atoms with Crippen LogP contribution in [0.5, 0.6) is 0 Å². The number of halogens is 1. The lowest BCUT2D eigenvalue weighted by Gasteiger charge is -2.06. The summed E-state index contributed by atoms with van der Waals surface area (Å²) in [5, 5.41) is 8.86. The Kier molecular flexibility index (Phi) is 5.24. The zero-order chi connectivity index (χ0) is 15.4. The fraction of sp³-hybridized carbons (Fsp3) is 0.0667. The highest BCUT2D eigenvalue weighted by molar-refractivity contribution is 14.1. The Balaban J connectivity index is 2.18. The second kappa shape index (κ2) is 6.95.